The van der Waals surface area contributed by atoms with Gasteiger partial charge in [0, 0.05) is 5.92 Å². The van der Waals surface area contributed by atoms with Crippen LogP contribution in [-0.2, 0) is 9.47 Å². The molecule has 4 nitrogen and oxygen atoms in total. The van der Waals surface area contributed by atoms with Gasteiger partial charge in [-0.15, -0.1) is 0 Å². The van der Waals surface area contributed by atoms with Crippen LogP contribution < -0.4 is 0 Å². The molecular weight excluding hydrogens is 256 g/mol. The van der Waals surface area contributed by atoms with Crippen LogP contribution in [0, 0.1) is 0 Å². The van der Waals surface area contributed by atoms with E-state index in [4.69, 9.17) is 14.6 Å². The van der Waals surface area contributed by atoms with E-state index in [1.54, 1.807) is 0 Å². The van der Waals surface area contributed by atoms with Crippen LogP contribution >= 0.6 is 0 Å². The molecule has 1 heterocycles. The molecule has 20 heavy (non-hydrogen) atoms. The Morgan fingerprint density at radius 2 is 2.20 bits per heavy atom. The van der Waals surface area contributed by atoms with Gasteiger partial charge in [-0.25, -0.2) is 0 Å². The molecule has 0 spiro atoms. The number of benzene rings is 1. The monoisotopic (exact) mass is 278 g/mol. The van der Waals surface area contributed by atoms with Crippen molar-refractivity contribution in [3.8, 4) is 0 Å². The molecule has 4 atom stereocenters. The summed E-state index contributed by atoms with van der Waals surface area (Å²) >= 11 is 0. The molecule has 2 N–H and O–H groups in total. The van der Waals surface area contributed by atoms with Crippen LogP contribution in [-0.4, -0.2) is 48.3 Å². The molecule has 1 aromatic rings. The minimum Gasteiger partial charge on any atom is -0.394 e. The molecule has 0 aromatic heterocycles. The number of aliphatic hydroxyl groups is 2. The van der Waals surface area contributed by atoms with E-state index >= 15 is 0 Å². The lowest BCUT2D eigenvalue weighted by Gasteiger charge is -2.25. The third-order valence-corrected chi connectivity index (χ3v) is 3.62. The molecule has 110 valence electrons. The van der Waals surface area contributed by atoms with E-state index in [-0.39, 0.29) is 31.3 Å². The molecule has 4 unspecified atom stereocenters. The van der Waals surface area contributed by atoms with Crippen LogP contribution in [0.15, 0.2) is 30.8 Å². The summed E-state index contributed by atoms with van der Waals surface area (Å²) in [5.74, 6) is 0.127. The van der Waals surface area contributed by atoms with Gasteiger partial charge in [0.15, 0.2) is 0 Å². The molecule has 1 saturated heterocycles. The Morgan fingerprint density at radius 3 is 2.80 bits per heavy atom. The zero-order valence-electron chi connectivity index (χ0n) is 11.7. The van der Waals surface area contributed by atoms with Crippen molar-refractivity contribution in [3.63, 3.8) is 0 Å². The minimum atomic E-state index is -0.849. The van der Waals surface area contributed by atoms with Crippen LogP contribution in [0.5, 0.6) is 0 Å². The van der Waals surface area contributed by atoms with Gasteiger partial charge >= 0.3 is 0 Å². The van der Waals surface area contributed by atoms with Gasteiger partial charge in [0.2, 0.25) is 0 Å². The Bertz CT molecular complexity index is 442. The van der Waals surface area contributed by atoms with E-state index in [2.05, 4.69) is 19.6 Å². The highest BCUT2D eigenvalue weighted by atomic mass is 16.6. The molecule has 1 aromatic carbocycles. The molecule has 1 aliphatic rings. The van der Waals surface area contributed by atoms with Crippen molar-refractivity contribution in [2.45, 2.75) is 31.2 Å². The van der Waals surface area contributed by atoms with Crippen molar-refractivity contribution in [1.29, 1.82) is 0 Å². The zero-order chi connectivity index (χ0) is 14.5. The van der Waals surface area contributed by atoms with E-state index in [9.17, 15) is 5.11 Å². The summed E-state index contributed by atoms with van der Waals surface area (Å²) in [6.07, 6.45) is 0.920. The lowest BCUT2D eigenvalue weighted by molar-refractivity contribution is -0.0446. The first-order valence-corrected chi connectivity index (χ1v) is 6.90. The van der Waals surface area contributed by atoms with Crippen molar-refractivity contribution < 1.29 is 19.7 Å². The molecule has 1 aliphatic heterocycles. The van der Waals surface area contributed by atoms with Crippen molar-refractivity contribution in [3.05, 3.63) is 42.0 Å². The van der Waals surface area contributed by atoms with Gasteiger partial charge in [-0.2, -0.15) is 0 Å². The second-order valence-corrected chi connectivity index (χ2v) is 5.13. The summed E-state index contributed by atoms with van der Waals surface area (Å²) in [6, 6.07) is 8.05. The fraction of sp³-hybridized carbons (Fsp3) is 0.500. The van der Waals surface area contributed by atoms with E-state index in [1.165, 1.54) is 0 Å². The Kier molecular flexibility index (Phi) is 5.31. The van der Waals surface area contributed by atoms with Crippen molar-refractivity contribution in [1.82, 2.24) is 0 Å². The molecule has 0 bridgehead atoms. The first-order valence-electron chi connectivity index (χ1n) is 6.90. The molecule has 1 fully saturated rings. The molecule has 0 radical (unpaired) electrons. The van der Waals surface area contributed by atoms with Gasteiger partial charge in [-0.05, 0) is 11.1 Å². The van der Waals surface area contributed by atoms with E-state index in [1.807, 2.05) is 24.3 Å². The van der Waals surface area contributed by atoms with Gasteiger partial charge in [0.25, 0.3) is 0 Å². The molecule has 2 rings (SSSR count). The summed E-state index contributed by atoms with van der Waals surface area (Å²) in [6.45, 7) is 6.42. The fourth-order valence-corrected chi connectivity index (χ4v) is 2.38. The van der Waals surface area contributed by atoms with Gasteiger partial charge in [-0.1, -0.05) is 43.8 Å². The Labute approximate surface area is 119 Å². The predicted octanol–water partition coefficient (Wildman–Crippen LogP) is 1.57. The Balaban J connectivity index is 2.10. The van der Waals surface area contributed by atoms with Crippen molar-refractivity contribution in [2.75, 3.05) is 19.8 Å². The highest BCUT2D eigenvalue weighted by molar-refractivity contribution is 5.53. The van der Waals surface area contributed by atoms with Crippen molar-refractivity contribution in [2.24, 2.45) is 0 Å². The lowest BCUT2D eigenvalue weighted by atomic mass is 9.89. The number of hydrogen-bond donors (Lipinski definition) is 2. The summed E-state index contributed by atoms with van der Waals surface area (Å²) in [4.78, 5) is 0. The minimum absolute atomic E-state index is 0.0637. The maximum Gasteiger partial charge on any atom is 0.108 e. The van der Waals surface area contributed by atoms with Crippen LogP contribution in [0.25, 0.3) is 6.08 Å². The molecule has 0 amide bonds. The Morgan fingerprint density at radius 1 is 1.50 bits per heavy atom. The predicted molar refractivity (Wildman–Crippen MR) is 77.5 cm³/mol. The fourth-order valence-electron chi connectivity index (χ4n) is 2.38. The molecule has 0 aliphatic carbocycles. The first-order chi connectivity index (χ1) is 9.67. The van der Waals surface area contributed by atoms with Gasteiger partial charge < -0.3 is 19.7 Å². The average Bonchev–Trinajstić information content (AvgIpc) is 3.31. The van der Waals surface area contributed by atoms with Crippen LogP contribution in [0.1, 0.15) is 24.0 Å². The maximum absolute atomic E-state index is 9.43. The highest BCUT2D eigenvalue weighted by Crippen LogP contribution is 2.32. The summed E-state index contributed by atoms with van der Waals surface area (Å²) in [5, 5.41) is 18.3. The summed E-state index contributed by atoms with van der Waals surface area (Å²) < 4.78 is 11.1. The normalized spacial score (nSPS) is 22.1. The SMILES string of the molecule is C=Cc1ccccc1C(C)C(OCC(O)CO)C1CO1. The number of hydrogen-bond acceptors (Lipinski definition) is 4. The number of aliphatic hydroxyl groups excluding tert-OH is 2. The van der Waals surface area contributed by atoms with Crippen molar-refractivity contribution >= 4 is 6.08 Å². The van der Waals surface area contributed by atoms with E-state index < -0.39 is 6.10 Å². The zero-order valence-corrected chi connectivity index (χ0v) is 11.7. The van der Waals surface area contributed by atoms with Crippen LogP contribution in [0.3, 0.4) is 0 Å². The summed E-state index contributed by atoms with van der Waals surface area (Å²) in [5.41, 5.74) is 2.23. The highest BCUT2D eigenvalue weighted by Gasteiger charge is 2.38. The number of ether oxygens (including phenoxy) is 2. The van der Waals surface area contributed by atoms with Crippen LogP contribution in [0.4, 0.5) is 0 Å². The van der Waals surface area contributed by atoms with Gasteiger partial charge in [0.05, 0.1) is 25.9 Å². The lowest BCUT2D eigenvalue weighted by Crippen LogP contribution is -2.31. The second-order valence-electron chi connectivity index (χ2n) is 5.13. The number of rotatable bonds is 8. The molecule has 0 saturated carbocycles. The summed E-state index contributed by atoms with van der Waals surface area (Å²) in [7, 11) is 0. The van der Waals surface area contributed by atoms with Gasteiger partial charge in [0.1, 0.15) is 12.2 Å². The standard InChI is InChI=1S/C16H22O4/c1-3-12-6-4-5-7-14(12)11(2)16(15-10-19-15)20-9-13(18)8-17/h3-7,11,13,15-18H,1,8-10H2,2H3. The topological polar surface area (TPSA) is 62.2 Å². The maximum atomic E-state index is 9.43. The third kappa shape index (κ3) is 3.67. The third-order valence-electron chi connectivity index (χ3n) is 3.62. The molecule has 4 heteroatoms. The van der Waals surface area contributed by atoms with E-state index in [0.717, 1.165) is 11.1 Å². The Hall–Kier alpha value is -1.20. The molecular formula is C16H22O4. The number of epoxide rings is 1. The first kappa shape index (κ1) is 15.2. The quantitative estimate of drug-likeness (QED) is 0.709. The second kappa shape index (κ2) is 6.99. The smallest absolute Gasteiger partial charge is 0.108 e. The largest absolute Gasteiger partial charge is 0.394 e. The van der Waals surface area contributed by atoms with Crippen LogP contribution in [0.2, 0.25) is 0 Å². The average molecular weight is 278 g/mol. The van der Waals surface area contributed by atoms with E-state index in [0.29, 0.717) is 6.61 Å². The van der Waals surface area contributed by atoms with Gasteiger partial charge in [-0.3, -0.25) is 0 Å².